The molecule has 0 radical (unpaired) electrons. The molecule has 1 aromatic heterocycles. The number of carbonyl (C=O) groups is 2. The van der Waals surface area contributed by atoms with Crippen molar-refractivity contribution in [2.24, 2.45) is 0 Å². The number of anilines is 1. The van der Waals surface area contributed by atoms with Crippen LogP contribution in [-0.2, 0) is 11.2 Å². The van der Waals surface area contributed by atoms with Gasteiger partial charge in [0.2, 0.25) is 6.04 Å². The van der Waals surface area contributed by atoms with E-state index in [4.69, 9.17) is 0 Å². The highest BCUT2D eigenvalue weighted by atomic mass is 16.2. The molecule has 1 aromatic carbocycles. The molecular formula is C19H21N2O2+. The Morgan fingerprint density at radius 2 is 1.96 bits per heavy atom. The molecule has 0 unspecified atom stereocenters. The Kier molecular flexibility index (Phi) is 3.99. The number of pyridine rings is 1. The number of carbonyl (C=O) groups excluding carboxylic acids is 2. The number of aromatic nitrogens is 1. The number of hydrogen-bond acceptors (Lipinski definition) is 2. The second kappa shape index (κ2) is 5.95. The molecule has 2 atom stereocenters. The van der Waals surface area contributed by atoms with Crippen molar-refractivity contribution in [1.82, 2.24) is 0 Å². The predicted octanol–water partition coefficient (Wildman–Crippen LogP) is 2.72. The number of hydrogen-bond donors (Lipinski definition) is 0. The van der Waals surface area contributed by atoms with Crippen molar-refractivity contribution in [2.45, 2.75) is 39.3 Å². The van der Waals surface area contributed by atoms with Gasteiger partial charge in [-0.05, 0) is 38.0 Å². The minimum atomic E-state index is -0.358. The molecule has 4 heteroatoms. The maximum Gasteiger partial charge on any atom is 0.296 e. The lowest BCUT2D eigenvalue weighted by Gasteiger charge is -2.23. The molecule has 3 rings (SSSR count). The highest BCUT2D eigenvalue weighted by Gasteiger charge is 2.36. The molecule has 0 spiro atoms. The number of amides is 1. The first-order valence-corrected chi connectivity index (χ1v) is 7.91. The highest BCUT2D eigenvalue weighted by molar-refractivity contribution is 5.97. The van der Waals surface area contributed by atoms with E-state index in [1.165, 1.54) is 12.5 Å². The smallest absolute Gasteiger partial charge is 0.296 e. The first-order valence-electron chi connectivity index (χ1n) is 7.91. The topological polar surface area (TPSA) is 41.3 Å². The van der Waals surface area contributed by atoms with Gasteiger partial charge in [0.05, 0.1) is 5.56 Å². The molecule has 0 bridgehead atoms. The summed E-state index contributed by atoms with van der Waals surface area (Å²) < 4.78 is 1.81. The maximum absolute atomic E-state index is 13.0. The number of ketones is 1. The number of Topliss-reactive ketones (excluding diaryl/α,β-unsaturated/α-hetero) is 1. The number of fused-ring (bicyclic) bond motifs is 1. The number of benzene rings is 1. The van der Waals surface area contributed by atoms with Crippen molar-refractivity contribution in [3.8, 4) is 0 Å². The summed E-state index contributed by atoms with van der Waals surface area (Å²) in [6.45, 7) is 5.48. The number of para-hydroxylation sites is 1. The van der Waals surface area contributed by atoms with E-state index in [0.717, 1.165) is 12.1 Å². The normalized spacial score (nSPS) is 17.7. The van der Waals surface area contributed by atoms with Crippen molar-refractivity contribution in [3.05, 3.63) is 59.9 Å². The molecule has 2 heterocycles. The molecule has 23 heavy (non-hydrogen) atoms. The second-order valence-electron chi connectivity index (χ2n) is 6.16. The first kappa shape index (κ1) is 15.4. The molecule has 0 aliphatic carbocycles. The van der Waals surface area contributed by atoms with Gasteiger partial charge >= 0.3 is 0 Å². The van der Waals surface area contributed by atoms with Crippen LogP contribution in [0.1, 0.15) is 42.7 Å². The third-order valence-electron chi connectivity index (χ3n) is 4.48. The Balaban J connectivity index is 1.91. The van der Waals surface area contributed by atoms with Gasteiger partial charge < -0.3 is 4.90 Å². The molecule has 0 saturated carbocycles. The fourth-order valence-electron chi connectivity index (χ4n) is 3.17. The van der Waals surface area contributed by atoms with Crippen molar-refractivity contribution >= 4 is 17.4 Å². The van der Waals surface area contributed by atoms with Crippen LogP contribution in [0.15, 0.2) is 48.8 Å². The molecule has 4 nitrogen and oxygen atoms in total. The zero-order chi connectivity index (χ0) is 16.6. The lowest BCUT2D eigenvalue weighted by molar-refractivity contribution is -0.706. The van der Waals surface area contributed by atoms with Gasteiger partial charge in [0.1, 0.15) is 0 Å². The van der Waals surface area contributed by atoms with Crippen LogP contribution in [0.4, 0.5) is 5.69 Å². The van der Waals surface area contributed by atoms with E-state index >= 15 is 0 Å². The Morgan fingerprint density at radius 1 is 1.22 bits per heavy atom. The van der Waals surface area contributed by atoms with E-state index in [1.54, 1.807) is 12.3 Å². The highest BCUT2D eigenvalue weighted by Crippen LogP contribution is 2.32. The van der Waals surface area contributed by atoms with Gasteiger partial charge in [-0.2, -0.15) is 4.57 Å². The summed E-state index contributed by atoms with van der Waals surface area (Å²) >= 11 is 0. The summed E-state index contributed by atoms with van der Waals surface area (Å²) in [7, 11) is 0. The molecule has 2 aromatic rings. The number of nitrogens with zero attached hydrogens (tertiary/aromatic N) is 2. The van der Waals surface area contributed by atoms with E-state index in [1.807, 2.05) is 46.9 Å². The fraction of sp³-hybridized carbons (Fsp3) is 0.316. The van der Waals surface area contributed by atoms with Gasteiger partial charge in [-0.15, -0.1) is 0 Å². The Bertz CT molecular complexity index is 769. The molecule has 0 saturated heterocycles. The van der Waals surface area contributed by atoms with E-state index in [9.17, 15) is 9.59 Å². The van der Waals surface area contributed by atoms with Gasteiger partial charge in [-0.25, -0.2) is 0 Å². The minimum Gasteiger partial charge on any atom is -0.303 e. The van der Waals surface area contributed by atoms with Crippen molar-refractivity contribution < 1.29 is 14.2 Å². The zero-order valence-electron chi connectivity index (χ0n) is 13.7. The molecule has 0 fully saturated rings. The monoisotopic (exact) mass is 309 g/mol. The molecular weight excluding hydrogens is 288 g/mol. The van der Waals surface area contributed by atoms with Crippen molar-refractivity contribution in [1.29, 1.82) is 0 Å². The van der Waals surface area contributed by atoms with Crippen LogP contribution in [-0.4, -0.2) is 17.7 Å². The molecule has 0 N–H and O–H groups in total. The van der Waals surface area contributed by atoms with Crippen LogP contribution in [0.3, 0.4) is 0 Å². The van der Waals surface area contributed by atoms with Gasteiger partial charge in [-0.3, -0.25) is 9.59 Å². The lowest BCUT2D eigenvalue weighted by atomic mass is 10.1. The Hall–Kier alpha value is -2.49. The van der Waals surface area contributed by atoms with Crippen molar-refractivity contribution in [2.75, 3.05) is 4.90 Å². The molecule has 1 amide bonds. The quantitative estimate of drug-likeness (QED) is 0.646. The Labute approximate surface area is 136 Å². The van der Waals surface area contributed by atoms with Crippen LogP contribution in [0.5, 0.6) is 0 Å². The largest absolute Gasteiger partial charge is 0.303 e. The summed E-state index contributed by atoms with van der Waals surface area (Å²) in [6, 6.07) is 11.4. The van der Waals surface area contributed by atoms with E-state index in [-0.39, 0.29) is 23.8 Å². The van der Waals surface area contributed by atoms with Crippen molar-refractivity contribution in [3.63, 3.8) is 0 Å². The van der Waals surface area contributed by atoms with Crippen LogP contribution >= 0.6 is 0 Å². The fourth-order valence-corrected chi connectivity index (χ4v) is 3.17. The van der Waals surface area contributed by atoms with Gasteiger partial charge in [-0.1, -0.05) is 18.2 Å². The average molecular weight is 309 g/mol. The summed E-state index contributed by atoms with van der Waals surface area (Å²) in [4.78, 5) is 26.5. The van der Waals surface area contributed by atoms with Gasteiger partial charge in [0.15, 0.2) is 18.2 Å². The van der Waals surface area contributed by atoms with Crippen LogP contribution in [0, 0.1) is 0 Å². The maximum atomic E-state index is 13.0. The predicted molar refractivity (Wildman–Crippen MR) is 88.4 cm³/mol. The molecule has 1 aliphatic rings. The number of rotatable bonds is 3. The van der Waals surface area contributed by atoms with Gasteiger partial charge in [0.25, 0.3) is 5.91 Å². The summed E-state index contributed by atoms with van der Waals surface area (Å²) in [5.74, 6) is 0.0482. The average Bonchev–Trinajstić information content (AvgIpc) is 2.89. The third kappa shape index (κ3) is 2.77. The zero-order valence-corrected chi connectivity index (χ0v) is 13.7. The summed E-state index contributed by atoms with van der Waals surface area (Å²) in [5.41, 5.74) is 2.82. The first-order chi connectivity index (χ1) is 11.0. The molecule has 1 aliphatic heterocycles. The lowest BCUT2D eigenvalue weighted by Crippen LogP contribution is -2.50. The minimum absolute atomic E-state index is 0.00103. The Morgan fingerprint density at radius 3 is 2.70 bits per heavy atom. The van der Waals surface area contributed by atoms with Crippen LogP contribution < -0.4 is 9.47 Å². The van der Waals surface area contributed by atoms with Crippen LogP contribution in [0.25, 0.3) is 0 Å². The molecule has 118 valence electrons. The van der Waals surface area contributed by atoms with E-state index in [0.29, 0.717) is 5.56 Å². The van der Waals surface area contributed by atoms with Crippen LogP contribution in [0.2, 0.25) is 0 Å². The summed E-state index contributed by atoms with van der Waals surface area (Å²) in [6.07, 6.45) is 4.46. The SMILES string of the molecule is CC(=O)c1ccc[n+]([C@@H](C)C(=O)N2c3ccccc3C[C@@H]2C)c1. The van der Waals surface area contributed by atoms with Gasteiger partial charge in [0, 0.05) is 24.7 Å². The van der Waals surface area contributed by atoms with E-state index in [2.05, 4.69) is 13.0 Å². The summed E-state index contributed by atoms with van der Waals surface area (Å²) in [5, 5.41) is 0. The van der Waals surface area contributed by atoms with E-state index < -0.39 is 0 Å². The third-order valence-corrected chi connectivity index (χ3v) is 4.48. The second-order valence-corrected chi connectivity index (χ2v) is 6.16. The standard InChI is InChI=1S/C19H21N2O2/c1-13-11-16-7-4-5-9-18(16)21(13)19(23)14(2)20-10-6-8-17(12-20)15(3)22/h4-10,12-14H,11H2,1-3H3/q+1/t13-,14-/m0/s1.